The van der Waals surface area contributed by atoms with Gasteiger partial charge in [0.25, 0.3) is 0 Å². The lowest BCUT2D eigenvalue weighted by Crippen LogP contribution is -2.41. The average molecular weight is 260 g/mol. The van der Waals surface area contributed by atoms with Crippen LogP contribution in [-0.4, -0.2) is 40.1 Å². The number of hydrogen-bond acceptors (Lipinski definition) is 3. The summed E-state index contributed by atoms with van der Waals surface area (Å²) in [5.41, 5.74) is 0.909. The van der Waals surface area contributed by atoms with Crippen molar-refractivity contribution in [3.63, 3.8) is 0 Å². The molecule has 2 rings (SSSR count). The van der Waals surface area contributed by atoms with Gasteiger partial charge in [0.05, 0.1) is 12.6 Å². The number of hydrogen-bond donors (Lipinski definition) is 1. The Hall–Kier alpha value is -1.68. The van der Waals surface area contributed by atoms with E-state index in [1.165, 1.54) is 0 Å². The zero-order chi connectivity index (χ0) is 13.5. The Kier molecular flexibility index (Phi) is 5.10. The Labute approximate surface area is 113 Å². The molecule has 1 aromatic heterocycles. The number of pyridine rings is 1. The Morgan fingerprint density at radius 1 is 1.47 bits per heavy atom. The summed E-state index contributed by atoms with van der Waals surface area (Å²) in [6.45, 7) is 0.786. The normalized spacial score (nSPS) is 20.5. The van der Waals surface area contributed by atoms with E-state index in [-0.39, 0.29) is 18.6 Å². The summed E-state index contributed by atoms with van der Waals surface area (Å²) >= 11 is 0. The molecule has 1 aliphatic heterocycles. The maximum Gasteiger partial charge on any atom is 0.246 e. The van der Waals surface area contributed by atoms with E-state index in [2.05, 4.69) is 4.98 Å². The Morgan fingerprint density at radius 2 is 2.37 bits per heavy atom. The molecule has 1 unspecified atom stereocenters. The van der Waals surface area contributed by atoms with E-state index >= 15 is 0 Å². The van der Waals surface area contributed by atoms with Gasteiger partial charge in [-0.3, -0.25) is 9.78 Å². The first-order valence-corrected chi connectivity index (χ1v) is 6.81. The molecule has 4 nitrogen and oxygen atoms in total. The smallest absolute Gasteiger partial charge is 0.246 e. The van der Waals surface area contributed by atoms with E-state index in [1.807, 2.05) is 12.1 Å². The van der Waals surface area contributed by atoms with Crippen LogP contribution in [0.25, 0.3) is 6.08 Å². The van der Waals surface area contributed by atoms with Crippen LogP contribution < -0.4 is 0 Å². The number of aliphatic hydroxyl groups is 1. The molecule has 0 spiro atoms. The van der Waals surface area contributed by atoms with Gasteiger partial charge in [-0.1, -0.05) is 18.9 Å². The number of aromatic nitrogens is 1. The highest BCUT2D eigenvalue weighted by atomic mass is 16.3. The van der Waals surface area contributed by atoms with Gasteiger partial charge in [-0.15, -0.1) is 0 Å². The van der Waals surface area contributed by atoms with Gasteiger partial charge in [-0.25, -0.2) is 0 Å². The molecule has 0 radical (unpaired) electrons. The Morgan fingerprint density at radius 3 is 3.11 bits per heavy atom. The van der Waals surface area contributed by atoms with Gasteiger partial charge in [-0.05, 0) is 30.5 Å². The van der Waals surface area contributed by atoms with Crippen LogP contribution in [0, 0.1) is 0 Å². The maximum absolute atomic E-state index is 12.2. The zero-order valence-electron chi connectivity index (χ0n) is 11.0. The number of carbonyl (C=O) groups excluding carboxylic acids is 1. The van der Waals surface area contributed by atoms with Gasteiger partial charge in [0, 0.05) is 25.0 Å². The van der Waals surface area contributed by atoms with E-state index < -0.39 is 0 Å². The highest BCUT2D eigenvalue weighted by Gasteiger charge is 2.22. The van der Waals surface area contributed by atoms with E-state index in [9.17, 15) is 9.90 Å². The third-order valence-corrected chi connectivity index (χ3v) is 3.47. The van der Waals surface area contributed by atoms with Crippen molar-refractivity contribution in [3.8, 4) is 0 Å². The van der Waals surface area contributed by atoms with E-state index in [0.29, 0.717) is 0 Å². The summed E-state index contributed by atoms with van der Waals surface area (Å²) in [6, 6.07) is 3.71. The van der Waals surface area contributed by atoms with Gasteiger partial charge in [-0.2, -0.15) is 0 Å². The van der Waals surface area contributed by atoms with Crippen molar-refractivity contribution in [1.82, 2.24) is 9.88 Å². The van der Waals surface area contributed by atoms with Crippen LogP contribution in [-0.2, 0) is 4.79 Å². The zero-order valence-corrected chi connectivity index (χ0v) is 11.0. The van der Waals surface area contributed by atoms with Crippen LogP contribution in [0.1, 0.15) is 31.2 Å². The number of rotatable bonds is 3. The second-order valence-corrected chi connectivity index (χ2v) is 4.84. The number of likely N-dealkylation sites (tertiary alicyclic amines) is 1. The Balaban J connectivity index is 2.03. The molecule has 0 saturated carbocycles. The molecule has 1 saturated heterocycles. The minimum atomic E-state index is -0.0338. The molecular formula is C15H20N2O2. The number of nitrogens with zero attached hydrogens (tertiary/aromatic N) is 2. The van der Waals surface area contributed by atoms with Crippen molar-refractivity contribution < 1.29 is 9.90 Å². The molecule has 0 aliphatic carbocycles. The standard InChI is InChI=1S/C15H20N2O2/c18-12-14-6-2-1-3-10-17(14)15(19)8-7-13-5-4-9-16-11-13/h4-5,7-9,11,14,18H,1-3,6,10,12H2/b8-7+. The number of amides is 1. The fourth-order valence-electron chi connectivity index (χ4n) is 2.40. The largest absolute Gasteiger partial charge is 0.394 e. The van der Waals surface area contributed by atoms with Crippen molar-refractivity contribution >= 4 is 12.0 Å². The molecule has 1 aliphatic rings. The predicted molar refractivity (Wildman–Crippen MR) is 74.3 cm³/mol. The van der Waals surface area contributed by atoms with Crippen LogP contribution >= 0.6 is 0 Å². The third-order valence-electron chi connectivity index (χ3n) is 3.47. The summed E-state index contributed by atoms with van der Waals surface area (Å²) < 4.78 is 0. The molecule has 1 N–H and O–H groups in total. The average Bonchev–Trinajstić information content (AvgIpc) is 2.71. The van der Waals surface area contributed by atoms with Crippen LogP contribution in [0.2, 0.25) is 0 Å². The highest BCUT2D eigenvalue weighted by Crippen LogP contribution is 2.17. The molecule has 1 amide bonds. The van der Waals surface area contributed by atoms with Crippen molar-refractivity contribution in [2.24, 2.45) is 0 Å². The van der Waals surface area contributed by atoms with Crippen molar-refractivity contribution in [3.05, 3.63) is 36.2 Å². The fourth-order valence-corrected chi connectivity index (χ4v) is 2.40. The molecule has 4 heteroatoms. The first kappa shape index (κ1) is 13.7. The molecule has 1 atom stereocenters. The van der Waals surface area contributed by atoms with Crippen LogP contribution in [0.15, 0.2) is 30.6 Å². The van der Waals surface area contributed by atoms with Crippen LogP contribution in [0.5, 0.6) is 0 Å². The summed E-state index contributed by atoms with van der Waals surface area (Å²) in [4.78, 5) is 18.0. The van der Waals surface area contributed by atoms with E-state index in [4.69, 9.17) is 0 Å². The molecule has 1 fully saturated rings. The summed E-state index contributed by atoms with van der Waals surface area (Å²) in [5.74, 6) is -0.0233. The van der Waals surface area contributed by atoms with Gasteiger partial charge in [0.15, 0.2) is 0 Å². The van der Waals surface area contributed by atoms with Gasteiger partial charge >= 0.3 is 0 Å². The highest BCUT2D eigenvalue weighted by molar-refractivity contribution is 5.92. The third kappa shape index (κ3) is 3.89. The Bertz CT molecular complexity index is 431. The molecule has 2 heterocycles. The van der Waals surface area contributed by atoms with E-state index in [1.54, 1.807) is 29.4 Å². The summed E-state index contributed by atoms with van der Waals surface area (Å²) in [6.07, 6.45) is 10.9. The number of aliphatic hydroxyl groups excluding tert-OH is 1. The predicted octanol–water partition coefficient (Wildman–Crippen LogP) is 1.86. The van der Waals surface area contributed by atoms with Crippen molar-refractivity contribution in [2.75, 3.05) is 13.2 Å². The van der Waals surface area contributed by atoms with E-state index in [0.717, 1.165) is 37.8 Å². The van der Waals surface area contributed by atoms with Gasteiger partial charge in [0.2, 0.25) is 5.91 Å². The fraction of sp³-hybridized carbons (Fsp3) is 0.467. The first-order chi connectivity index (χ1) is 9.31. The monoisotopic (exact) mass is 260 g/mol. The van der Waals surface area contributed by atoms with Crippen LogP contribution in [0.3, 0.4) is 0 Å². The lowest BCUT2D eigenvalue weighted by Gasteiger charge is -2.27. The SMILES string of the molecule is O=C(/C=C/c1cccnc1)N1CCCCCC1CO. The van der Waals surface area contributed by atoms with Crippen molar-refractivity contribution in [2.45, 2.75) is 31.7 Å². The molecule has 1 aromatic rings. The topological polar surface area (TPSA) is 53.4 Å². The van der Waals surface area contributed by atoms with Crippen molar-refractivity contribution in [1.29, 1.82) is 0 Å². The lowest BCUT2D eigenvalue weighted by atomic mass is 10.1. The van der Waals surface area contributed by atoms with Gasteiger partial charge < -0.3 is 10.0 Å². The molecule has 19 heavy (non-hydrogen) atoms. The quantitative estimate of drug-likeness (QED) is 0.844. The minimum absolute atomic E-state index is 0.0233. The lowest BCUT2D eigenvalue weighted by molar-refractivity contribution is -0.129. The second kappa shape index (κ2) is 7.04. The molecule has 102 valence electrons. The molecular weight excluding hydrogens is 240 g/mol. The summed E-state index contributed by atoms with van der Waals surface area (Å²) in [5, 5.41) is 9.39. The summed E-state index contributed by atoms with van der Waals surface area (Å²) in [7, 11) is 0. The molecule has 0 aromatic carbocycles. The van der Waals surface area contributed by atoms with Gasteiger partial charge in [0.1, 0.15) is 0 Å². The second-order valence-electron chi connectivity index (χ2n) is 4.84. The molecule has 0 bridgehead atoms. The number of carbonyl (C=O) groups is 1. The maximum atomic E-state index is 12.2. The van der Waals surface area contributed by atoms with Crippen LogP contribution in [0.4, 0.5) is 0 Å². The first-order valence-electron chi connectivity index (χ1n) is 6.81. The minimum Gasteiger partial charge on any atom is -0.394 e.